The lowest BCUT2D eigenvalue weighted by Crippen LogP contribution is -3.05. The monoisotopic (exact) mass is 397 g/mol. The molecule has 0 radical (unpaired) electrons. The summed E-state index contributed by atoms with van der Waals surface area (Å²) in [5, 5.41) is 10.9. The van der Waals surface area contributed by atoms with Crippen molar-refractivity contribution in [3.8, 4) is 0 Å². The van der Waals surface area contributed by atoms with Gasteiger partial charge in [0.1, 0.15) is 11.6 Å². The summed E-state index contributed by atoms with van der Waals surface area (Å²) < 4.78 is 13.3. The number of halogens is 1. The van der Waals surface area contributed by atoms with Crippen molar-refractivity contribution in [2.24, 2.45) is 0 Å². The highest BCUT2D eigenvalue weighted by Gasteiger charge is 2.45. The van der Waals surface area contributed by atoms with Crippen LogP contribution in [0.1, 0.15) is 29.2 Å². The van der Waals surface area contributed by atoms with Crippen LogP contribution in [0, 0.1) is 12.7 Å². The molecule has 1 aliphatic rings. The molecule has 3 rings (SSSR count). The Bertz CT molecular complexity index is 934. The van der Waals surface area contributed by atoms with E-state index in [9.17, 15) is 19.1 Å². The van der Waals surface area contributed by atoms with Gasteiger partial charge < -0.3 is 14.9 Å². The van der Waals surface area contributed by atoms with Crippen LogP contribution >= 0.6 is 0 Å². The van der Waals surface area contributed by atoms with E-state index in [1.54, 1.807) is 0 Å². The molecule has 1 amide bonds. The van der Waals surface area contributed by atoms with Crippen molar-refractivity contribution in [3.05, 3.63) is 76.6 Å². The molecule has 1 saturated heterocycles. The molecule has 1 heterocycles. The first-order valence-electron chi connectivity index (χ1n) is 9.69. The summed E-state index contributed by atoms with van der Waals surface area (Å²) in [7, 11) is 4.06. The Morgan fingerprint density at radius 2 is 1.69 bits per heavy atom. The van der Waals surface area contributed by atoms with Crippen LogP contribution in [0.25, 0.3) is 5.76 Å². The maximum Gasteiger partial charge on any atom is 0.295 e. The second kappa shape index (κ2) is 8.57. The highest BCUT2D eigenvalue weighted by Crippen LogP contribution is 2.39. The summed E-state index contributed by atoms with van der Waals surface area (Å²) >= 11 is 0. The molecule has 1 atom stereocenters. The van der Waals surface area contributed by atoms with Crippen molar-refractivity contribution in [1.82, 2.24) is 4.90 Å². The molecule has 2 aromatic carbocycles. The number of carbonyl (C=O) groups is 2. The third-order valence-electron chi connectivity index (χ3n) is 5.13. The van der Waals surface area contributed by atoms with E-state index in [1.807, 2.05) is 45.3 Å². The van der Waals surface area contributed by atoms with Crippen LogP contribution in [-0.4, -0.2) is 48.9 Å². The lowest BCUT2D eigenvalue weighted by Gasteiger charge is -2.25. The van der Waals surface area contributed by atoms with Crippen molar-refractivity contribution in [2.75, 3.05) is 27.2 Å². The van der Waals surface area contributed by atoms with E-state index in [2.05, 4.69) is 0 Å². The standard InChI is InChI=1S/C23H25FN2O3/c1-15-5-7-16(8-6-15)20-19(21(27)17-9-11-18(24)12-10-17)22(28)23(29)26(20)14-4-13-25(2)3/h5-12,20,27H,4,13-14H2,1-3H3/p+1/t20-/m0/s1. The Morgan fingerprint density at radius 1 is 1.07 bits per heavy atom. The topological polar surface area (TPSA) is 62.0 Å². The number of aliphatic hydroxyl groups excluding tert-OH is 1. The highest BCUT2D eigenvalue weighted by atomic mass is 19.1. The van der Waals surface area contributed by atoms with Crippen molar-refractivity contribution < 1.29 is 24.0 Å². The van der Waals surface area contributed by atoms with Crippen LogP contribution in [0.2, 0.25) is 0 Å². The normalized spacial score (nSPS) is 18.7. The van der Waals surface area contributed by atoms with Gasteiger partial charge in [0.25, 0.3) is 11.7 Å². The summed E-state index contributed by atoms with van der Waals surface area (Å²) in [6.45, 7) is 3.22. The average molecular weight is 397 g/mol. The van der Waals surface area contributed by atoms with Gasteiger partial charge in [-0.2, -0.15) is 0 Å². The van der Waals surface area contributed by atoms with Gasteiger partial charge in [-0.25, -0.2) is 4.39 Å². The van der Waals surface area contributed by atoms with Gasteiger partial charge in [0.05, 0.1) is 32.3 Å². The zero-order chi connectivity index (χ0) is 21.1. The molecule has 0 saturated carbocycles. The molecule has 0 aliphatic carbocycles. The van der Waals surface area contributed by atoms with Gasteiger partial charge in [0, 0.05) is 18.5 Å². The number of rotatable bonds is 6. The molecule has 5 nitrogen and oxygen atoms in total. The van der Waals surface area contributed by atoms with Crippen LogP contribution in [0.3, 0.4) is 0 Å². The predicted molar refractivity (Wildman–Crippen MR) is 109 cm³/mol. The Labute approximate surface area is 170 Å². The lowest BCUT2D eigenvalue weighted by atomic mass is 9.94. The summed E-state index contributed by atoms with van der Waals surface area (Å²) in [6, 6.07) is 12.1. The number of nitrogens with zero attached hydrogens (tertiary/aromatic N) is 1. The van der Waals surface area contributed by atoms with Gasteiger partial charge in [0.15, 0.2) is 0 Å². The summed E-state index contributed by atoms with van der Waals surface area (Å²) in [6.07, 6.45) is 0.730. The fourth-order valence-corrected chi connectivity index (χ4v) is 3.57. The zero-order valence-corrected chi connectivity index (χ0v) is 16.9. The molecule has 0 bridgehead atoms. The first-order chi connectivity index (χ1) is 13.8. The van der Waals surface area contributed by atoms with Crippen LogP contribution in [0.5, 0.6) is 0 Å². The molecule has 1 fully saturated rings. The molecule has 2 N–H and O–H groups in total. The van der Waals surface area contributed by atoms with Crippen molar-refractivity contribution in [3.63, 3.8) is 0 Å². The number of amides is 1. The van der Waals surface area contributed by atoms with E-state index in [1.165, 1.54) is 34.1 Å². The van der Waals surface area contributed by atoms with Gasteiger partial charge in [-0.05, 0) is 36.8 Å². The molecule has 0 unspecified atom stereocenters. The number of Topliss-reactive ketones (excluding diaryl/α,β-unsaturated/α-hetero) is 1. The number of aliphatic hydroxyl groups is 1. The van der Waals surface area contributed by atoms with E-state index in [0.29, 0.717) is 12.1 Å². The number of hydrogen-bond acceptors (Lipinski definition) is 3. The van der Waals surface area contributed by atoms with Gasteiger partial charge in [0.2, 0.25) is 0 Å². The van der Waals surface area contributed by atoms with Crippen molar-refractivity contribution in [1.29, 1.82) is 0 Å². The number of ketones is 1. The maximum atomic E-state index is 13.3. The molecule has 2 aromatic rings. The third kappa shape index (κ3) is 4.38. The molecule has 1 aliphatic heterocycles. The molecule has 0 aromatic heterocycles. The molecule has 152 valence electrons. The van der Waals surface area contributed by atoms with Crippen molar-refractivity contribution >= 4 is 17.4 Å². The van der Waals surface area contributed by atoms with E-state index in [0.717, 1.165) is 24.1 Å². The van der Waals surface area contributed by atoms with Crippen LogP contribution in [0.4, 0.5) is 4.39 Å². The minimum atomic E-state index is -0.713. The van der Waals surface area contributed by atoms with Gasteiger partial charge in [-0.3, -0.25) is 9.59 Å². The minimum Gasteiger partial charge on any atom is -0.507 e. The number of nitrogens with one attached hydrogen (secondary N) is 1. The first kappa shape index (κ1) is 20.7. The van der Waals surface area contributed by atoms with Gasteiger partial charge in [-0.1, -0.05) is 29.8 Å². The number of hydrogen-bond donors (Lipinski definition) is 2. The van der Waals surface area contributed by atoms with Crippen LogP contribution in [0.15, 0.2) is 54.1 Å². The molecule has 6 heteroatoms. The maximum absolute atomic E-state index is 13.3. The first-order valence-corrected chi connectivity index (χ1v) is 9.69. The predicted octanol–water partition coefficient (Wildman–Crippen LogP) is 2.09. The van der Waals surface area contributed by atoms with Crippen molar-refractivity contribution in [2.45, 2.75) is 19.4 Å². The smallest absolute Gasteiger partial charge is 0.295 e. The molecular formula is C23H26FN2O3+. The third-order valence-corrected chi connectivity index (χ3v) is 5.13. The summed E-state index contributed by atoms with van der Waals surface area (Å²) in [5.74, 6) is -2.06. The quantitative estimate of drug-likeness (QED) is 0.446. The SMILES string of the molecule is Cc1ccc([C@H]2C(=C(O)c3ccc(F)cc3)C(=O)C(=O)N2CCC[NH+](C)C)cc1. The highest BCUT2D eigenvalue weighted by molar-refractivity contribution is 6.46. The van der Waals surface area contributed by atoms with Gasteiger partial charge in [-0.15, -0.1) is 0 Å². The number of benzene rings is 2. The summed E-state index contributed by atoms with van der Waals surface area (Å²) in [4.78, 5) is 28.4. The van der Waals surface area contributed by atoms with E-state index >= 15 is 0 Å². The van der Waals surface area contributed by atoms with Crippen LogP contribution in [-0.2, 0) is 9.59 Å². The lowest BCUT2D eigenvalue weighted by molar-refractivity contribution is -0.858. The fourth-order valence-electron chi connectivity index (χ4n) is 3.57. The van der Waals surface area contributed by atoms with E-state index in [-0.39, 0.29) is 11.3 Å². The van der Waals surface area contributed by atoms with Gasteiger partial charge >= 0.3 is 0 Å². The second-order valence-electron chi connectivity index (χ2n) is 7.72. The largest absolute Gasteiger partial charge is 0.507 e. The fraction of sp³-hybridized carbons (Fsp3) is 0.304. The van der Waals surface area contributed by atoms with E-state index in [4.69, 9.17) is 0 Å². The number of quaternary nitrogens is 1. The Kier molecular flexibility index (Phi) is 6.13. The Hall–Kier alpha value is -2.99. The zero-order valence-electron chi connectivity index (χ0n) is 16.9. The number of likely N-dealkylation sites (tertiary alicyclic amines) is 1. The summed E-state index contributed by atoms with van der Waals surface area (Å²) in [5.41, 5.74) is 2.16. The molecular weight excluding hydrogens is 371 g/mol. The second-order valence-corrected chi connectivity index (χ2v) is 7.72. The van der Waals surface area contributed by atoms with E-state index < -0.39 is 23.5 Å². The Morgan fingerprint density at radius 3 is 2.28 bits per heavy atom. The molecule has 29 heavy (non-hydrogen) atoms. The average Bonchev–Trinajstić information content (AvgIpc) is 2.93. The Balaban J connectivity index is 2.07. The number of aryl methyl sites for hydroxylation is 1. The number of carbonyl (C=O) groups excluding carboxylic acids is 2. The molecule has 0 spiro atoms. The van der Waals surface area contributed by atoms with Crippen LogP contribution < -0.4 is 4.90 Å². The minimum absolute atomic E-state index is 0.0441.